The second kappa shape index (κ2) is 11.8. The molecular formula is C23H26N3O6-. The maximum atomic E-state index is 12.0. The molecule has 0 saturated carbocycles. The van der Waals surface area contributed by atoms with E-state index in [0.717, 1.165) is 24.2 Å². The Hall–Kier alpha value is -3.43. The van der Waals surface area contributed by atoms with E-state index < -0.39 is 5.97 Å². The molecule has 1 heterocycles. The molecule has 1 saturated heterocycles. The molecule has 9 heteroatoms. The molecule has 0 bridgehead atoms. The highest BCUT2D eigenvalue weighted by atomic mass is 16.5. The number of hydrogen-bond acceptors (Lipinski definition) is 8. The third-order valence-electron chi connectivity index (χ3n) is 4.73. The highest BCUT2D eigenvalue weighted by Gasteiger charge is 2.13. The van der Waals surface area contributed by atoms with E-state index in [9.17, 15) is 14.7 Å². The van der Waals surface area contributed by atoms with Crippen molar-refractivity contribution in [1.29, 1.82) is 0 Å². The fraction of sp³-hybridized carbons (Fsp3) is 0.348. The molecule has 0 aliphatic carbocycles. The first-order valence-electron chi connectivity index (χ1n) is 10.4. The number of amides is 1. The normalized spacial score (nSPS) is 14.3. The van der Waals surface area contributed by atoms with Crippen molar-refractivity contribution in [3.63, 3.8) is 0 Å². The molecule has 170 valence electrons. The number of aromatic carboxylic acids is 1. The largest absolute Gasteiger partial charge is 0.545 e. The number of carboxylic acid groups (broad SMARTS) is 1. The van der Waals surface area contributed by atoms with Gasteiger partial charge in [0.2, 0.25) is 0 Å². The summed E-state index contributed by atoms with van der Waals surface area (Å²) in [5.41, 5.74) is 4.20. The molecule has 2 aromatic rings. The lowest BCUT2D eigenvalue weighted by molar-refractivity contribution is -0.255. The maximum absolute atomic E-state index is 12.0. The number of nitrogens with one attached hydrogen (secondary N) is 1. The molecule has 0 spiro atoms. The lowest BCUT2D eigenvalue weighted by atomic mass is 10.1. The minimum Gasteiger partial charge on any atom is -0.545 e. The molecule has 0 aromatic heterocycles. The zero-order valence-corrected chi connectivity index (χ0v) is 17.9. The van der Waals surface area contributed by atoms with Gasteiger partial charge in [0.25, 0.3) is 5.91 Å². The number of ether oxygens (including phenoxy) is 3. The summed E-state index contributed by atoms with van der Waals surface area (Å²) in [5.74, 6) is -0.310. The van der Waals surface area contributed by atoms with E-state index in [1.54, 1.807) is 36.5 Å². The summed E-state index contributed by atoms with van der Waals surface area (Å²) in [6.07, 6.45) is 1.54. The van der Waals surface area contributed by atoms with Gasteiger partial charge in [-0.25, -0.2) is 5.43 Å². The second-order valence-electron chi connectivity index (χ2n) is 7.09. The fourth-order valence-corrected chi connectivity index (χ4v) is 3.07. The number of rotatable bonds is 10. The van der Waals surface area contributed by atoms with Crippen molar-refractivity contribution in [2.24, 2.45) is 5.10 Å². The van der Waals surface area contributed by atoms with Gasteiger partial charge in [0.1, 0.15) is 6.61 Å². The average molecular weight is 440 g/mol. The van der Waals surface area contributed by atoms with E-state index >= 15 is 0 Å². The van der Waals surface area contributed by atoms with Crippen molar-refractivity contribution in [1.82, 2.24) is 10.3 Å². The standard InChI is InChI=1S/C23H27N3O6/c1-2-31-21-13-18(14-24-25-22(27)15-26-9-11-30-12-10-26)5-8-20(21)32-16-17-3-6-19(7-4-17)23(28)29/h3-8,13-14H,2,9-12,15-16H2,1H3,(H,25,27)(H,28,29)/p-1/b24-14-. The van der Waals surface area contributed by atoms with Crippen molar-refractivity contribution in [3.8, 4) is 11.5 Å². The molecule has 0 atom stereocenters. The maximum Gasteiger partial charge on any atom is 0.254 e. The summed E-state index contributed by atoms with van der Waals surface area (Å²) in [6, 6.07) is 11.6. The SMILES string of the molecule is CCOc1cc(/C=N\NC(=O)CN2CCOCC2)ccc1OCc1ccc(C(=O)[O-])cc1. The highest BCUT2D eigenvalue weighted by Crippen LogP contribution is 2.29. The zero-order valence-electron chi connectivity index (χ0n) is 17.9. The number of carbonyl (C=O) groups is 2. The van der Waals surface area contributed by atoms with Gasteiger partial charge in [0, 0.05) is 13.1 Å². The Kier molecular flexibility index (Phi) is 8.59. The quantitative estimate of drug-likeness (QED) is 0.430. The van der Waals surface area contributed by atoms with Gasteiger partial charge >= 0.3 is 0 Å². The summed E-state index contributed by atoms with van der Waals surface area (Å²) in [6.45, 7) is 5.59. The predicted octanol–water partition coefficient (Wildman–Crippen LogP) is 0.810. The molecule has 0 unspecified atom stereocenters. The van der Waals surface area contributed by atoms with Crippen LogP contribution in [-0.4, -0.2) is 62.4 Å². The van der Waals surface area contributed by atoms with Crippen LogP contribution in [0.15, 0.2) is 47.6 Å². The summed E-state index contributed by atoms with van der Waals surface area (Å²) >= 11 is 0. The van der Waals surface area contributed by atoms with Gasteiger partial charge in [-0.3, -0.25) is 9.69 Å². The Bertz CT molecular complexity index is 939. The highest BCUT2D eigenvalue weighted by molar-refractivity contribution is 5.85. The van der Waals surface area contributed by atoms with Crippen LogP contribution in [0, 0.1) is 0 Å². The molecule has 1 aliphatic heterocycles. The van der Waals surface area contributed by atoms with Gasteiger partial charge in [-0.15, -0.1) is 0 Å². The Morgan fingerprint density at radius 2 is 1.88 bits per heavy atom. The van der Waals surface area contributed by atoms with E-state index in [0.29, 0.717) is 31.3 Å². The molecule has 0 radical (unpaired) electrons. The molecule has 9 nitrogen and oxygen atoms in total. The molecule has 1 N–H and O–H groups in total. The summed E-state index contributed by atoms with van der Waals surface area (Å²) < 4.78 is 16.8. The van der Waals surface area contributed by atoms with Crippen molar-refractivity contribution in [2.45, 2.75) is 13.5 Å². The summed E-state index contributed by atoms with van der Waals surface area (Å²) in [4.78, 5) is 24.9. The summed E-state index contributed by atoms with van der Waals surface area (Å²) in [5, 5.41) is 14.9. The number of hydrazone groups is 1. The first kappa shape index (κ1) is 23.2. The first-order chi connectivity index (χ1) is 15.5. The average Bonchev–Trinajstić information content (AvgIpc) is 2.79. The fourth-order valence-electron chi connectivity index (χ4n) is 3.07. The van der Waals surface area contributed by atoms with Crippen LogP contribution in [0.25, 0.3) is 0 Å². The van der Waals surface area contributed by atoms with E-state index in [4.69, 9.17) is 14.2 Å². The van der Waals surface area contributed by atoms with Crippen molar-refractivity contribution >= 4 is 18.1 Å². The summed E-state index contributed by atoms with van der Waals surface area (Å²) in [7, 11) is 0. The van der Waals surface area contributed by atoms with Crippen LogP contribution in [-0.2, 0) is 16.1 Å². The van der Waals surface area contributed by atoms with E-state index in [-0.39, 0.29) is 24.6 Å². The van der Waals surface area contributed by atoms with Crippen LogP contribution in [0.2, 0.25) is 0 Å². The number of hydrogen-bond donors (Lipinski definition) is 1. The van der Waals surface area contributed by atoms with Gasteiger partial charge < -0.3 is 24.1 Å². The predicted molar refractivity (Wildman–Crippen MR) is 116 cm³/mol. The third-order valence-corrected chi connectivity index (χ3v) is 4.73. The monoisotopic (exact) mass is 440 g/mol. The van der Waals surface area contributed by atoms with Crippen LogP contribution < -0.4 is 20.0 Å². The van der Waals surface area contributed by atoms with Crippen LogP contribution in [0.5, 0.6) is 11.5 Å². The minimum absolute atomic E-state index is 0.115. The molecule has 1 fully saturated rings. The molecule has 3 rings (SSSR count). The number of benzene rings is 2. The van der Waals surface area contributed by atoms with Crippen molar-refractivity contribution in [2.75, 3.05) is 39.5 Å². The number of carboxylic acids is 1. The Balaban J connectivity index is 1.56. The van der Waals surface area contributed by atoms with Gasteiger partial charge in [-0.2, -0.15) is 5.10 Å². The van der Waals surface area contributed by atoms with Crippen LogP contribution in [0.3, 0.4) is 0 Å². The first-order valence-corrected chi connectivity index (χ1v) is 10.4. The third kappa shape index (κ3) is 7.07. The Morgan fingerprint density at radius 3 is 2.56 bits per heavy atom. The van der Waals surface area contributed by atoms with Crippen LogP contribution >= 0.6 is 0 Å². The zero-order chi connectivity index (χ0) is 22.8. The molecule has 1 aliphatic rings. The minimum atomic E-state index is -1.22. The van der Waals surface area contributed by atoms with Crippen molar-refractivity contribution in [3.05, 3.63) is 59.2 Å². The second-order valence-corrected chi connectivity index (χ2v) is 7.09. The van der Waals surface area contributed by atoms with E-state index in [2.05, 4.69) is 10.5 Å². The van der Waals surface area contributed by atoms with Gasteiger partial charge in [0.15, 0.2) is 11.5 Å². The lowest BCUT2D eigenvalue weighted by Gasteiger charge is -2.25. The smallest absolute Gasteiger partial charge is 0.254 e. The van der Waals surface area contributed by atoms with Gasteiger partial charge in [-0.05, 0) is 41.8 Å². The van der Waals surface area contributed by atoms with Crippen LogP contribution in [0.4, 0.5) is 0 Å². The number of nitrogens with zero attached hydrogens (tertiary/aromatic N) is 2. The molecule has 2 aromatic carbocycles. The molecule has 32 heavy (non-hydrogen) atoms. The van der Waals surface area contributed by atoms with E-state index in [1.165, 1.54) is 12.1 Å². The topological polar surface area (TPSA) is 113 Å². The van der Waals surface area contributed by atoms with E-state index in [1.807, 2.05) is 11.8 Å². The van der Waals surface area contributed by atoms with Gasteiger partial charge in [-0.1, -0.05) is 24.3 Å². The van der Waals surface area contributed by atoms with Crippen molar-refractivity contribution < 1.29 is 28.9 Å². The molecular weight excluding hydrogens is 414 g/mol. The van der Waals surface area contributed by atoms with Crippen LogP contribution in [0.1, 0.15) is 28.4 Å². The van der Waals surface area contributed by atoms with Gasteiger partial charge in [0.05, 0.1) is 38.5 Å². The Labute approximate surface area is 186 Å². The lowest BCUT2D eigenvalue weighted by Crippen LogP contribution is -2.42. The molecule has 1 amide bonds. The number of morpholine rings is 1. The Morgan fingerprint density at radius 1 is 1.12 bits per heavy atom. The number of carbonyl (C=O) groups excluding carboxylic acids is 2.